The van der Waals surface area contributed by atoms with Crippen molar-refractivity contribution >= 4 is 25.3 Å². The summed E-state index contributed by atoms with van der Waals surface area (Å²) in [5.74, 6) is 1.77. The lowest BCUT2D eigenvalue weighted by Crippen LogP contribution is -2.40. The van der Waals surface area contributed by atoms with Crippen LogP contribution in [0.5, 0.6) is 0 Å². The van der Waals surface area contributed by atoms with Crippen molar-refractivity contribution in [3.8, 4) is 0 Å². The van der Waals surface area contributed by atoms with Crippen molar-refractivity contribution in [2.24, 2.45) is 0 Å². The number of nitrogens with one attached hydrogen (secondary N) is 1. The Hall–Kier alpha value is -0.0700. The molecule has 318 valence electrons. The summed E-state index contributed by atoms with van der Waals surface area (Å²) in [6.07, 6.45) is 42.6. The standard InChI is InChI=1S/C45H93N2O4PS/c1-6-8-10-12-14-16-18-20-22-24-26-28-30-32-34-36-41-53-43-44(42-51-52(49,50)40-37-39-47(3,4)5)46-45(48)38-35-33-31-29-27-25-23-21-19-17-15-13-11-9-7-2/h44H,6-43H2,1-5H3,(H-,46,48,49,50). The van der Waals surface area contributed by atoms with E-state index in [1.54, 1.807) is 0 Å². The van der Waals surface area contributed by atoms with Crippen molar-refractivity contribution < 1.29 is 23.3 Å². The molecule has 0 bridgehead atoms. The molecule has 2 atom stereocenters. The van der Waals surface area contributed by atoms with Crippen LogP contribution >= 0.6 is 19.4 Å². The second kappa shape index (κ2) is 38.8. The zero-order valence-electron chi connectivity index (χ0n) is 36.4. The fraction of sp³-hybridized carbons (Fsp3) is 0.978. The monoisotopic (exact) mass is 789 g/mol. The highest BCUT2D eigenvalue weighted by Gasteiger charge is 2.18. The highest BCUT2D eigenvalue weighted by atomic mass is 32.2. The van der Waals surface area contributed by atoms with E-state index in [-0.39, 0.29) is 24.7 Å². The molecule has 0 aromatic carbocycles. The van der Waals surface area contributed by atoms with E-state index < -0.39 is 7.60 Å². The first-order chi connectivity index (χ1) is 25.6. The maximum atomic E-state index is 12.9. The number of rotatable bonds is 43. The van der Waals surface area contributed by atoms with Gasteiger partial charge in [-0.1, -0.05) is 200 Å². The van der Waals surface area contributed by atoms with Gasteiger partial charge in [-0.15, -0.1) is 0 Å². The smallest absolute Gasteiger partial charge is 0.220 e. The lowest BCUT2D eigenvalue weighted by atomic mass is 10.0. The molecule has 53 heavy (non-hydrogen) atoms. The summed E-state index contributed by atoms with van der Waals surface area (Å²) in [5.41, 5.74) is 0. The number of carbonyl (C=O) groups is 1. The molecule has 1 N–H and O–H groups in total. The van der Waals surface area contributed by atoms with E-state index in [1.807, 2.05) is 11.8 Å². The summed E-state index contributed by atoms with van der Waals surface area (Å²) < 4.78 is 18.9. The molecule has 0 radical (unpaired) electrons. The SMILES string of the molecule is CCCCCCCCCCCCCCCCCCSCC(COP(=O)([O-])CCC[N+](C)(C)C)NC(=O)CCCCCCCCCCCCCCCCC. The second-order valence-electron chi connectivity index (χ2n) is 17.3. The minimum absolute atomic E-state index is 0.0297. The van der Waals surface area contributed by atoms with Crippen LogP contribution in [0.3, 0.4) is 0 Å². The molecule has 0 aromatic heterocycles. The summed E-state index contributed by atoms with van der Waals surface area (Å²) in [7, 11) is 2.27. The molecular weight excluding hydrogens is 696 g/mol. The van der Waals surface area contributed by atoms with E-state index in [1.165, 1.54) is 186 Å². The van der Waals surface area contributed by atoms with Crippen molar-refractivity contribution in [3.63, 3.8) is 0 Å². The van der Waals surface area contributed by atoms with Crippen molar-refractivity contribution in [1.82, 2.24) is 5.32 Å². The average Bonchev–Trinajstić information content (AvgIpc) is 3.11. The summed E-state index contributed by atoms with van der Waals surface area (Å²) in [6, 6.07) is -0.273. The predicted octanol–water partition coefficient (Wildman–Crippen LogP) is 13.4. The second-order valence-corrected chi connectivity index (χ2v) is 20.4. The van der Waals surface area contributed by atoms with E-state index >= 15 is 0 Å². The third-order valence-corrected chi connectivity index (χ3v) is 13.2. The number of hydrogen-bond acceptors (Lipinski definition) is 5. The molecule has 0 spiro atoms. The molecule has 0 rings (SSSR count). The topological polar surface area (TPSA) is 78.5 Å². The lowest BCUT2D eigenvalue weighted by Gasteiger charge is -2.29. The molecule has 0 aliphatic rings. The highest BCUT2D eigenvalue weighted by molar-refractivity contribution is 7.99. The summed E-state index contributed by atoms with van der Waals surface area (Å²) >= 11 is 1.82. The first kappa shape index (κ1) is 52.9. The van der Waals surface area contributed by atoms with Gasteiger partial charge in [-0.25, -0.2) is 0 Å². The lowest BCUT2D eigenvalue weighted by molar-refractivity contribution is -0.870. The number of carbonyl (C=O) groups excluding carboxylic acids is 1. The summed E-state index contributed by atoms with van der Waals surface area (Å²) in [6.45, 7) is 5.39. The van der Waals surface area contributed by atoms with Gasteiger partial charge in [0.1, 0.15) is 7.60 Å². The van der Waals surface area contributed by atoms with Crippen LogP contribution in [0.1, 0.15) is 226 Å². The van der Waals surface area contributed by atoms with E-state index in [2.05, 4.69) is 40.3 Å². The Labute approximate surface area is 336 Å². The molecule has 8 heteroatoms. The first-order valence-electron chi connectivity index (χ1n) is 23.2. The van der Waals surface area contributed by atoms with Crippen molar-refractivity contribution in [3.05, 3.63) is 0 Å². The Balaban J connectivity index is 4.17. The number of thioether (sulfide) groups is 1. The number of unbranched alkanes of at least 4 members (excludes halogenated alkanes) is 29. The third kappa shape index (κ3) is 42.9. The molecular formula is C45H93N2O4PS. The molecule has 0 aliphatic carbocycles. The van der Waals surface area contributed by atoms with Gasteiger partial charge in [0.05, 0.1) is 40.3 Å². The molecule has 0 saturated carbocycles. The molecule has 0 heterocycles. The van der Waals surface area contributed by atoms with Gasteiger partial charge in [0.15, 0.2) is 0 Å². The van der Waals surface area contributed by atoms with Gasteiger partial charge in [-0.3, -0.25) is 4.79 Å². The van der Waals surface area contributed by atoms with E-state index in [0.29, 0.717) is 18.6 Å². The molecule has 2 unspecified atom stereocenters. The molecule has 0 fully saturated rings. The van der Waals surface area contributed by atoms with Gasteiger partial charge in [0.2, 0.25) is 5.91 Å². The van der Waals surface area contributed by atoms with Gasteiger partial charge < -0.3 is 23.8 Å². The quantitative estimate of drug-likeness (QED) is 0.0378. The number of hydrogen-bond donors (Lipinski definition) is 1. The maximum absolute atomic E-state index is 12.9. The van der Waals surface area contributed by atoms with Crippen LogP contribution in [0, 0.1) is 0 Å². The van der Waals surface area contributed by atoms with Crippen LogP contribution < -0.4 is 10.2 Å². The highest BCUT2D eigenvalue weighted by Crippen LogP contribution is 2.37. The Kier molecular flexibility index (Phi) is 38.7. The normalized spacial score (nSPS) is 13.7. The average molecular weight is 789 g/mol. The van der Waals surface area contributed by atoms with E-state index in [4.69, 9.17) is 4.52 Å². The zero-order valence-corrected chi connectivity index (χ0v) is 38.1. The van der Waals surface area contributed by atoms with Crippen LogP contribution in [0.4, 0.5) is 0 Å². The molecule has 0 saturated heterocycles. The van der Waals surface area contributed by atoms with Gasteiger partial charge in [-0.2, -0.15) is 11.8 Å². The number of amides is 1. The van der Waals surface area contributed by atoms with Crippen molar-refractivity contribution in [1.29, 1.82) is 0 Å². The Morgan fingerprint density at radius 3 is 1.32 bits per heavy atom. The van der Waals surface area contributed by atoms with Crippen molar-refractivity contribution in [2.75, 3.05) is 52.0 Å². The van der Waals surface area contributed by atoms with Gasteiger partial charge in [0.25, 0.3) is 0 Å². The first-order valence-corrected chi connectivity index (χ1v) is 26.1. The minimum atomic E-state index is -3.93. The van der Waals surface area contributed by atoms with Gasteiger partial charge in [0, 0.05) is 24.8 Å². The number of quaternary nitrogens is 1. The Morgan fingerprint density at radius 2 is 0.943 bits per heavy atom. The van der Waals surface area contributed by atoms with Crippen LogP contribution in [-0.4, -0.2) is 68.4 Å². The van der Waals surface area contributed by atoms with Crippen LogP contribution in [0.15, 0.2) is 0 Å². The van der Waals surface area contributed by atoms with E-state index in [0.717, 1.165) is 29.6 Å². The maximum Gasteiger partial charge on any atom is 0.220 e. The van der Waals surface area contributed by atoms with E-state index in [9.17, 15) is 14.3 Å². The van der Waals surface area contributed by atoms with Crippen LogP contribution in [0.25, 0.3) is 0 Å². The molecule has 0 aromatic rings. The fourth-order valence-electron chi connectivity index (χ4n) is 7.07. The third-order valence-electron chi connectivity index (χ3n) is 10.6. The summed E-state index contributed by atoms with van der Waals surface area (Å²) in [4.78, 5) is 25.5. The molecule has 1 amide bonds. The zero-order chi connectivity index (χ0) is 39.1. The molecule has 0 aliphatic heterocycles. The fourth-order valence-corrected chi connectivity index (χ4v) is 9.18. The number of nitrogens with zero attached hydrogens (tertiary/aromatic N) is 1. The van der Waals surface area contributed by atoms with Gasteiger partial charge >= 0.3 is 0 Å². The summed E-state index contributed by atoms with van der Waals surface area (Å²) in [5, 5.41) is 3.13. The van der Waals surface area contributed by atoms with Crippen LogP contribution in [-0.2, 0) is 13.9 Å². The Bertz CT molecular complexity index is 825. The Morgan fingerprint density at radius 1 is 0.585 bits per heavy atom. The van der Waals surface area contributed by atoms with Gasteiger partial charge in [-0.05, 0) is 18.6 Å². The molecule has 6 nitrogen and oxygen atoms in total. The minimum Gasteiger partial charge on any atom is -0.778 e. The van der Waals surface area contributed by atoms with Crippen LogP contribution in [0.2, 0.25) is 0 Å². The predicted molar refractivity (Wildman–Crippen MR) is 234 cm³/mol. The van der Waals surface area contributed by atoms with Crippen molar-refractivity contribution in [2.45, 2.75) is 232 Å². The largest absolute Gasteiger partial charge is 0.778 e.